The summed E-state index contributed by atoms with van der Waals surface area (Å²) in [5, 5.41) is 12.4. The van der Waals surface area contributed by atoms with Crippen LogP contribution in [0, 0.1) is 34.5 Å². The number of aliphatic hydroxyl groups excluding tert-OH is 1. The third kappa shape index (κ3) is 3.34. The highest BCUT2D eigenvalue weighted by molar-refractivity contribution is 5.82. The number of hydrogen-bond acceptors (Lipinski definition) is 2. The molecule has 3 nitrogen and oxygen atoms in total. The first-order chi connectivity index (χ1) is 16.2. The van der Waals surface area contributed by atoms with E-state index in [0.29, 0.717) is 43.4 Å². The van der Waals surface area contributed by atoms with Crippen molar-refractivity contribution in [3.05, 3.63) is 89.4 Å². The number of halogens is 5. The van der Waals surface area contributed by atoms with Crippen LogP contribution < -0.4 is 0 Å². The predicted octanol–water partition coefficient (Wildman–Crippen LogP) is 5.72. The van der Waals surface area contributed by atoms with Gasteiger partial charge in [0, 0.05) is 36.3 Å². The number of aromatic nitrogens is 1. The quantitative estimate of drug-likeness (QED) is 0.168. The zero-order chi connectivity index (χ0) is 24.3. The molecule has 1 N–H and O–H groups in total. The Morgan fingerprint density at radius 2 is 1.62 bits per heavy atom. The maximum absolute atomic E-state index is 14.7. The molecule has 6 rings (SSSR count). The minimum absolute atomic E-state index is 0.0335. The first-order valence-corrected chi connectivity index (χ1v) is 11.2. The fourth-order valence-corrected chi connectivity index (χ4v) is 5.93. The zero-order valence-corrected chi connectivity index (χ0v) is 18.4. The number of quaternary nitrogens is 1. The molecular weight excluding hydrogens is 451 g/mol. The Kier molecular flexibility index (Phi) is 5.48. The molecule has 1 unspecified atom stereocenters. The number of piperidine rings is 3. The van der Waals surface area contributed by atoms with Crippen LogP contribution in [-0.4, -0.2) is 33.7 Å². The Bertz CT molecular complexity index is 1250. The summed E-state index contributed by atoms with van der Waals surface area (Å²) in [6.07, 6.45) is 4.24. The average molecular weight is 475 g/mol. The molecule has 3 aromatic rings. The van der Waals surface area contributed by atoms with Crippen LogP contribution in [-0.2, 0) is 6.54 Å². The number of hydrogen-bond donors (Lipinski definition) is 1. The third-order valence-corrected chi connectivity index (χ3v) is 8.00. The summed E-state index contributed by atoms with van der Waals surface area (Å²) in [7, 11) is 0. The van der Waals surface area contributed by atoms with E-state index in [-0.39, 0.29) is 9.90 Å². The molecule has 0 aliphatic carbocycles. The molecule has 178 valence electrons. The van der Waals surface area contributed by atoms with Crippen LogP contribution in [0.3, 0.4) is 0 Å². The SMILES string of the molecule is C=CC12CC[N+](Cc3c(F)c(F)c(F)c(F)c3F)(CC1)C([C@@H](O)c1ccnc3ccccc13)C2. The topological polar surface area (TPSA) is 33.1 Å². The lowest BCUT2D eigenvalue weighted by atomic mass is 9.65. The Morgan fingerprint density at radius 1 is 1.00 bits per heavy atom. The molecule has 3 saturated heterocycles. The van der Waals surface area contributed by atoms with Crippen LogP contribution in [0.15, 0.2) is 49.2 Å². The number of allylic oxidation sites excluding steroid dienone is 1. The van der Waals surface area contributed by atoms with E-state index in [2.05, 4.69) is 11.6 Å². The van der Waals surface area contributed by atoms with Gasteiger partial charge in [-0.25, -0.2) is 22.0 Å². The molecule has 2 atom stereocenters. The second kappa shape index (κ2) is 8.13. The van der Waals surface area contributed by atoms with Crippen LogP contribution in [0.25, 0.3) is 10.9 Å². The monoisotopic (exact) mass is 475 g/mol. The molecule has 0 spiro atoms. The van der Waals surface area contributed by atoms with E-state index in [1.165, 1.54) is 0 Å². The van der Waals surface area contributed by atoms with Crippen molar-refractivity contribution in [1.29, 1.82) is 0 Å². The van der Waals surface area contributed by atoms with Crippen LogP contribution in [0.2, 0.25) is 0 Å². The number of rotatable bonds is 5. The fraction of sp³-hybridized carbons (Fsp3) is 0.346. The van der Waals surface area contributed by atoms with Gasteiger partial charge in [0.05, 0.1) is 24.2 Å². The van der Waals surface area contributed by atoms with Gasteiger partial charge in [-0.2, -0.15) is 0 Å². The molecule has 0 saturated carbocycles. The summed E-state index contributed by atoms with van der Waals surface area (Å²) in [5.41, 5.74) is 0.239. The molecule has 0 amide bonds. The van der Waals surface area contributed by atoms with Gasteiger partial charge in [-0.05, 0) is 17.7 Å². The molecule has 3 fully saturated rings. The molecule has 0 radical (unpaired) electrons. The first-order valence-electron chi connectivity index (χ1n) is 11.2. The molecule has 3 aliphatic heterocycles. The van der Waals surface area contributed by atoms with Crippen molar-refractivity contribution in [2.24, 2.45) is 5.41 Å². The van der Waals surface area contributed by atoms with Gasteiger partial charge >= 0.3 is 0 Å². The van der Waals surface area contributed by atoms with Crippen LogP contribution in [0.4, 0.5) is 22.0 Å². The van der Waals surface area contributed by atoms with Crippen molar-refractivity contribution in [1.82, 2.24) is 4.98 Å². The first kappa shape index (κ1) is 22.9. The molecule has 34 heavy (non-hydrogen) atoms. The highest BCUT2D eigenvalue weighted by Crippen LogP contribution is 2.52. The van der Waals surface area contributed by atoms with Gasteiger partial charge in [0.25, 0.3) is 0 Å². The second-order valence-electron chi connectivity index (χ2n) is 9.57. The highest BCUT2D eigenvalue weighted by Gasteiger charge is 2.56. The van der Waals surface area contributed by atoms with Crippen molar-refractivity contribution in [2.45, 2.75) is 38.0 Å². The lowest BCUT2D eigenvalue weighted by molar-refractivity contribution is -0.984. The highest BCUT2D eigenvalue weighted by atomic mass is 19.2. The summed E-state index contributed by atoms with van der Waals surface area (Å²) < 4.78 is 70.9. The Balaban J connectivity index is 1.62. The van der Waals surface area contributed by atoms with E-state index in [0.717, 1.165) is 5.39 Å². The van der Waals surface area contributed by atoms with E-state index in [9.17, 15) is 27.1 Å². The van der Waals surface area contributed by atoms with E-state index in [4.69, 9.17) is 0 Å². The normalized spacial score (nSPS) is 27.2. The zero-order valence-electron chi connectivity index (χ0n) is 18.4. The summed E-state index contributed by atoms with van der Waals surface area (Å²) in [6, 6.07) is 8.52. The second-order valence-corrected chi connectivity index (χ2v) is 9.57. The maximum Gasteiger partial charge on any atom is 0.200 e. The van der Waals surface area contributed by atoms with Crippen molar-refractivity contribution >= 4 is 10.9 Å². The predicted molar refractivity (Wildman–Crippen MR) is 117 cm³/mol. The minimum Gasteiger partial charge on any atom is -0.382 e. The van der Waals surface area contributed by atoms with Crippen molar-refractivity contribution in [3.8, 4) is 0 Å². The number of fused-ring (bicyclic) bond motifs is 4. The van der Waals surface area contributed by atoms with E-state index in [1.807, 2.05) is 30.3 Å². The Labute approximate surface area is 193 Å². The van der Waals surface area contributed by atoms with Gasteiger partial charge in [0.2, 0.25) is 5.82 Å². The van der Waals surface area contributed by atoms with Gasteiger partial charge in [0.1, 0.15) is 18.7 Å². The van der Waals surface area contributed by atoms with Gasteiger partial charge in [-0.3, -0.25) is 4.98 Å². The third-order valence-electron chi connectivity index (χ3n) is 8.00. The number of nitrogens with zero attached hydrogens (tertiary/aromatic N) is 2. The molecule has 1 aromatic heterocycles. The summed E-state index contributed by atoms with van der Waals surface area (Å²) in [6.45, 7) is 4.43. The summed E-state index contributed by atoms with van der Waals surface area (Å²) in [4.78, 5) is 4.33. The summed E-state index contributed by atoms with van der Waals surface area (Å²) in [5.74, 6) is -9.67. The van der Waals surface area contributed by atoms with Gasteiger partial charge in [-0.15, -0.1) is 6.58 Å². The molecule has 2 aromatic carbocycles. The largest absolute Gasteiger partial charge is 0.382 e. The number of para-hydroxylation sites is 1. The minimum atomic E-state index is -2.17. The van der Waals surface area contributed by atoms with Crippen molar-refractivity contribution in [3.63, 3.8) is 0 Å². The van der Waals surface area contributed by atoms with Crippen molar-refractivity contribution < 1.29 is 31.5 Å². The van der Waals surface area contributed by atoms with Crippen molar-refractivity contribution in [2.75, 3.05) is 13.1 Å². The van der Waals surface area contributed by atoms with E-state index < -0.39 is 53.3 Å². The van der Waals surface area contributed by atoms with Crippen LogP contribution in [0.1, 0.15) is 36.5 Å². The summed E-state index contributed by atoms with van der Waals surface area (Å²) >= 11 is 0. The molecule has 8 heteroatoms. The lowest BCUT2D eigenvalue weighted by Crippen LogP contribution is -2.67. The molecular formula is C26H24F5N2O+. The number of aliphatic hydroxyl groups is 1. The smallest absolute Gasteiger partial charge is 0.200 e. The Morgan fingerprint density at radius 3 is 2.26 bits per heavy atom. The van der Waals surface area contributed by atoms with Crippen LogP contribution in [0.5, 0.6) is 0 Å². The number of pyridine rings is 1. The molecule has 3 aliphatic rings. The maximum atomic E-state index is 14.7. The standard InChI is InChI=1S/C26H24F5N2O/c1-2-26-8-11-33(12-9-26,14-17-20(27)22(29)24(31)23(30)21(17)28)19(13-26)25(34)16-7-10-32-18-6-4-3-5-15(16)18/h2-7,10,19,25,34H,1,8-9,11-14H2/q+1/t19?,25-,26?,33?/m0/s1. The average Bonchev–Trinajstić information content (AvgIpc) is 2.88. The van der Waals surface area contributed by atoms with E-state index in [1.54, 1.807) is 12.3 Å². The lowest BCUT2D eigenvalue weighted by Gasteiger charge is -2.59. The Hall–Kier alpha value is -2.84. The number of benzene rings is 2. The fourth-order valence-electron chi connectivity index (χ4n) is 5.93. The molecule has 4 heterocycles. The van der Waals surface area contributed by atoms with Crippen LogP contribution >= 0.6 is 0 Å². The molecule has 2 bridgehead atoms. The van der Waals surface area contributed by atoms with Gasteiger partial charge in [-0.1, -0.05) is 24.3 Å². The van der Waals surface area contributed by atoms with Gasteiger partial charge < -0.3 is 9.59 Å². The van der Waals surface area contributed by atoms with Gasteiger partial charge in [0.15, 0.2) is 23.3 Å². The van der Waals surface area contributed by atoms with E-state index >= 15 is 0 Å².